The van der Waals surface area contributed by atoms with E-state index in [-0.39, 0.29) is 24.8 Å². The Morgan fingerprint density at radius 2 is 1.58 bits per heavy atom. The lowest BCUT2D eigenvalue weighted by Gasteiger charge is -2.16. The molecule has 0 amide bonds. The van der Waals surface area contributed by atoms with E-state index < -0.39 is 0 Å². The first-order chi connectivity index (χ1) is 4.56. The first kappa shape index (κ1) is 18.3. The van der Waals surface area contributed by atoms with Gasteiger partial charge in [0, 0.05) is 12.8 Å². The average Bonchev–Trinajstić information content (AvgIpc) is 1.78. The van der Waals surface area contributed by atoms with E-state index in [0.29, 0.717) is 5.54 Å². The van der Waals surface area contributed by atoms with Crippen LogP contribution in [0, 0.1) is 0 Å². The van der Waals surface area contributed by atoms with Crippen LogP contribution in [0.5, 0.6) is 0 Å². The number of hydrogen-bond acceptors (Lipinski definition) is 0. The van der Waals surface area contributed by atoms with Gasteiger partial charge in [0.15, 0.2) is 0 Å². The predicted octanol–water partition coefficient (Wildman–Crippen LogP) is -6.62. The minimum Gasteiger partial charge on any atom is -1.00 e. The molecule has 0 aromatic rings. The van der Waals surface area contributed by atoms with Gasteiger partial charge in [0.05, 0.1) is 18.6 Å². The lowest BCUT2D eigenvalue weighted by Crippen LogP contribution is -3.00. The average molecular weight is 217 g/mol. The van der Waals surface area contributed by atoms with Gasteiger partial charge in [0.25, 0.3) is 0 Å². The lowest BCUT2D eigenvalue weighted by molar-refractivity contribution is -0.717. The van der Waals surface area contributed by atoms with Crippen molar-refractivity contribution in [3.05, 3.63) is 0 Å². The van der Waals surface area contributed by atoms with Gasteiger partial charge in [0.1, 0.15) is 0 Å². The molecule has 5 N–H and O–H groups in total. The summed E-state index contributed by atoms with van der Waals surface area (Å²) >= 11 is 0. The van der Waals surface area contributed by atoms with Crippen LogP contribution in [0.25, 0.3) is 0 Å². The second-order valence-electron chi connectivity index (χ2n) is 3.92. The highest BCUT2D eigenvalue weighted by atomic mass is 35.5. The predicted molar refractivity (Wildman–Crippen MR) is 43.5 cm³/mol. The second-order valence-corrected chi connectivity index (χ2v) is 3.92. The molecule has 0 atom stereocenters. The van der Waals surface area contributed by atoms with Gasteiger partial charge in [-0.15, -0.1) is 0 Å². The Hall–Kier alpha value is 0.500. The van der Waals surface area contributed by atoms with Crippen LogP contribution in [0.1, 0.15) is 33.6 Å². The minimum absolute atomic E-state index is 0. The smallest absolute Gasteiger partial charge is 0.0876 e. The Morgan fingerprint density at radius 1 is 1.08 bits per heavy atom. The molecule has 78 valence electrons. The maximum absolute atomic E-state index is 3.81. The number of halogens is 2. The molecule has 0 radical (unpaired) electrons. The highest BCUT2D eigenvalue weighted by molar-refractivity contribution is 4.52. The number of quaternary nitrogens is 2. The van der Waals surface area contributed by atoms with Crippen molar-refractivity contribution >= 4 is 0 Å². The van der Waals surface area contributed by atoms with Crippen molar-refractivity contribution in [2.24, 2.45) is 0 Å². The van der Waals surface area contributed by atoms with E-state index in [0.717, 1.165) is 6.54 Å². The summed E-state index contributed by atoms with van der Waals surface area (Å²) in [4.78, 5) is 0. The molecule has 0 fully saturated rings. The van der Waals surface area contributed by atoms with Gasteiger partial charge in [-0.05, 0) is 20.8 Å². The van der Waals surface area contributed by atoms with E-state index in [1.165, 1.54) is 19.4 Å². The molecule has 0 bridgehead atoms. The van der Waals surface area contributed by atoms with E-state index in [1.54, 1.807) is 0 Å². The van der Waals surface area contributed by atoms with E-state index in [9.17, 15) is 0 Å². The standard InChI is InChI=1S/C8H20N2.2ClH/c1-8(2,3)10-7-5-4-6-9;;/h10H,4-7,9H2,1-3H3;2*1H. The second kappa shape index (κ2) is 9.59. The van der Waals surface area contributed by atoms with Crippen LogP contribution in [0.15, 0.2) is 0 Å². The van der Waals surface area contributed by atoms with Crippen LogP contribution in [0.3, 0.4) is 0 Å². The quantitative estimate of drug-likeness (QED) is 0.440. The molecule has 0 aliphatic carbocycles. The van der Waals surface area contributed by atoms with Gasteiger partial charge in [-0.1, -0.05) is 0 Å². The SMILES string of the molecule is CC(C)(C)[NH2+]CCCC[NH3+].[Cl-].[Cl-]. The Kier molecular flexibility index (Phi) is 14.6. The van der Waals surface area contributed by atoms with Gasteiger partial charge in [-0.3, -0.25) is 0 Å². The zero-order valence-electron chi connectivity index (χ0n) is 8.37. The van der Waals surface area contributed by atoms with Crippen LogP contribution >= 0.6 is 0 Å². The zero-order chi connectivity index (χ0) is 8.04. The first-order valence-electron chi connectivity index (χ1n) is 4.20. The summed E-state index contributed by atoms with van der Waals surface area (Å²) in [6, 6.07) is 0. The summed E-state index contributed by atoms with van der Waals surface area (Å²) in [6.07, 6.45) is 2.58. The van der Waals surface area contributed by atoms with Gasteiger partial charge in [0.2, 0.25) is 0 Å². The van der Waals surface area contributed by atoms with Crippen LogP contribution in [0.4, 0.5) is 0 Å². The fourth-order valence-corrected chi connectivity index (χ4v) is 0.856. The van der Waals surface area contributed by atoms with Crippen molar-refractivity contribution in [3.63, 3.8) is 0 Å². The van der Waals surface area contributed by atoms with Crippen LogP contribution < -0.4 is 35.9 Å². The fourth-order valence-electron chi connectivity index (χ4n) is 0.856. The van der Waals surface area contributed by atoms with Crippen molar-refractivity contribution in [2.45, 2.75) is 39.2 Å². The summed E-state index contributed by atoms with van der Waals surface area (Å²) in [7, 11) is 0. The molecule has 0 heterocycles. The lowest BCUT2D eigenvalue weighted by atomic mass is 10.1. The fraction of sp³-hybridized carbons (Fsp3) is 1.00. The van der Waals surface area contributed by atoms with Crippen LogP contribution in [-0.4, -0.2) is 18.6 Å². The molecule has 0 aromatic heterocycles. The third kappa shape index (κ3) is 16.8. The number of hydrogen-bond donors (Lipinski definition) is 2. The third-order valence-electron chi connectivity index (χ3n) is 1.46. The summed E-state index contributed by atoms with van der Waals surface area (Å²) in [5.41, 5.74) is 4.21. The molecule has 0 aliphatic rings. The van der Waals surface area contributed by atoms with E-state index in [4.69, 9.17) is 0 Å². The van der Waals surface area contributed by atoms with E-state index in [1.807, 2.05) is 0 Å². The molecule has 0 unspecified atom stereocenters. The Labute approximate surface area is 88.5 Å². The summed E-state index contributed by atoms with van der Waals surface area (Å²) in [6.45, 7) is 9.07. The molecular formula is C8H22Cl2N2. The van der Waals surface area contributed by atoms with Crippen molar-refractivity contribution in [1.82, 2.24) is 0 Å². The maximum Gasteiger partial charge on any atom is 0.0876 e. The third-order valence-corrected chi connectivity index (χ3v) is 1.46. The number of rotatable bonds is 4. The van der Waals surface area contributed by atoms with Crippen molar-refractivity contribution in [3.8, 4) is 0 Å². The number of unbranched alkanes of at least 4 members (excludes halogenated alkanes) is 1. The van der Waals surface area contributed by atoms with Crippen molar-refractivity contribution < 1.29 is 35.9 Å². The molecule has 0 rings (SSSR count). The minimum atomic E-state index is 0. The Bertz CT molecular complexity index is 81.6. The Morgan fingerprint density at radius 3 is 1.92 bits per heavy atom. The van der Waals surface area contributed by atoms with Crippen molar-refractivity contribution in [2.75, 3.05) is 13.1 Å². The molecule has 0 spiro atoms. The summed E-state index contributed by atoms with van der Waals surface area (Å²) < 4.78 is 0. The van der Waals surface area contributed by atoms with Gasteiger partial charge < -0.3 is 35.9 Å². The van der Waals surface area contributed by atoms with Gasteiger partial charge in [-0.2, -0.15) is 0 Å². The molecule has 4 heteroatoms. The topological polar surface area (TPSA) is 44.2 Å². The summed E-state index contributed by atoms with van der Waals surface area (Å²) in [5.74, 6) is 0. The molecule has 0 saturated heterocycles. The van der Waals surface area contributed by atoms with Crippen molar-refractivity contribution in [1.29, 1.82) is 0 Å². The van der Waals surface area contributed by atoms with Crippen LogP contribution in [-0.2, 0) is 0 Å². The highest BCUT2D eigenvalue weighted by Gasteiger charge is 2.11. The van der Waals surface area contributed by atoms with Gasteiger partial charge >= 0.3 is 0 Å². The molecule has 2 nitrogen and oxygen atoms in total. The maximum atomic E-state index is 3.81. The largest absolute Gasteiger partial charge is 1.00 e. The molecule has 0 aliphatic heterocycles. The normalized spacial score (nSPS) is 10.0. The number of nitrogens with two attached hydrogens (primary N) is 1. The zero-order valence-corrected chi connectivity index (χ0v) is 9.88. The molecule has 12 heavy (non-hydrogen) atoms. The van der Waals surface area contributed by atoms with Crippen LogP contribution in [0.2, 0.25) is 0 Å². The highest BCUT2D eigenvalue weighted by Crippen LogP contribution is 1.89. The summed E-state index contributed by atoms with van der Waals surface area (Å²) in [5, 5.41) is 2.39. The molecule has 0 aromatic carbocycles. The molecular weight excluding hydrogens is 195 g/mol. The first-order valence-corrected chi connectivity index (χ1v) is 4.20. The van der Waals surface area contributed by atoms with E-state index >= 15 is 0 Å². The van der Waals surface area contributed by atoms with E-state index in [2.05, 4.69) is 31.8 Å². The monoisotopic (exact) mass is 216 g/mol. The molecule has 0 saturated carbocycles. The van der Waals surface area contributed by atoms with Gasteiger partial charge in [-0.25, -0.2) is 0 Å². The Balaban J connectivity index is -0.000000405.